The van der Waals surface area contributed by atoms with E-state index in [-0.39, 0.29) is 0 Å². The summed E-state index contributed by atoms with van der Waals surface area (Å²) in [6.07, 6.45) is 6.29. The summed E-state index contributed by atoms with van der Waals surface area (Å²) in [5, 5.41) is 3.46. The largest absolute Gasteiger partial charge is 0.366 e. The van der Waals surface area contributed by atoms with Crippen LogP contribution >= 0.6 is 0 Å². The molecule has 0 unspecified atom stereocenters. The van der Waals surface area contributed by atoms with Gasteiger partial charge in [-0.2, -0.15) is 0 Å². The van der Waals surface area contributed by atoms with E-state index in [4.69, 9.17) is 5.73 Å². The molecule has 1 heterocycles. The van der Waals surface area contributed by atoms with Gasteiger partial charge in [0, 0.05) is 24.3 Å². The van der Waals surface area contributed by atoms with Crippen LogP contribution in [0, 0.1) is 0 Å². The second kappa shape index (κ2) is 6.01. The zero-order valence-corrected chi connectivity index (χ0v) is 11.6. The highest BCUT2D eigenvalue weighted by Gasteiger charge is 2.15. The summed E-state index contributed by atoms with van der Waals surface area (Å²) in [6.45, 7) is 1.33. The first-order chi connectivity index (χ1) is 9.88. The van der Waals surface area contributed by atoms with Gasteiger partial charge in [-0.05, 0) is 36.8 Å². The molecular formula is C16H20N4. The normalized spacial score (nSPS) is 13.8. The molecule has 0 saturated carbocycles. The molecule has 4 heteroatoms. The molecule has 4 nitrogen and oxygen atoms in total. The van der Waals surface area contributed by atoms with Crippen molar-refractivity contribution in [2.24, 2.45) is 5.73 Å². The molecule has 1 aromatic heterocycles. The summed E-state index contributed by atoms with van der Waals surface area (Å²) in [7, 11) is 0. The van der Waals surface area contributed by atoms with Crippen LogP contribution in [0.15, 0.2) is 30.6 Å². The molecule has 3 N–H and O–H groups in total. The Bertz CT molecular complexity index is 595. The van der Waals surface area contributed by atoms with Crippen LogP contribution in [0.3, 0.4) is 0 Å². The van der Waals surface area contributed by atoms with E-state index in [0.29, 0.717) is 6.54 Å². The quantitative estimate of drug-likeness (QED) is 0.894. The van der Waals surface area contributed by atoms with E-state index in [1.54, 1.807) is 6.33 Å². The van der Waals surface area contributed by atoms with E-state index in [2.05, 4.69) is 27.4 Å². The van der Waals surface area contributed by atoms with Gasteiger partial charge in [0.05, 0.1) is 0 Å². The van der Waals surface area contributed by atoms with Gasteiger partial charge in [-0.15, -0.1) is 0 Å². The Labute approximate surface area is 119 Å². The van der Waals surface area contributed by atoms with Crippen molar-refractivity contribution in [3.8, 4) is 0 Å². The summed E-state index contributed by atoms with van der Waals surface area (Å²) in [5.74, 6) is 0.988. The Morgan fingerprint density at radius 3 is 2.70 bits per heavy atom. The second-order valence-corrected chi connectivity index (χ2v) is 5.18. The number of benzene rings is 1. The van der Waals surface area contributed by atoms with Crippen LogP contribution in [0.4, 0.5) is 5.82 Å². The second-order valence-electron chi connectivity index (χ2n) is 5.18. The standard InChI is InChI=1S/C16H20N4/c17-9-12-5-1-2-6-13(12)10-18-16-14-7-3-4-8-15(14)19-11-20-16/h1-2,5-6,11H,3-4,7-10,17H2,(H,18,19,20). The van der Waals surface area contributed by atoms with Gasteiger partial charge >= 0.3 is 0 Å². The highest BCUT2D eigenvalue weighted by atomic mass is 15.0. The smallest absolute Gasteiger partial charge is 0.133 e. The number of rotatable bonds is 4. The third-order valence-corrected chi connectivity index (χ3v) is 3.91. The van der Waals surface area contributed by atoms with Crippen molar-refractivity contribution >= 4 is 5.82 Å². The van der Waals surface area contributed by atoms with Crippen molar-refractivity contribution < 1.29 is 0 Å². The molecule has 1 aliphatic carbocycles. The molecule has 1 aromatic carbocycles. The number of nitrogens with two attached hydrogens (primary N) is 1. The van der Waals surface area contributed by atoms with Crippen molar-refractivity contribution in [2.75, 3.05) is 5.32 Å². The summed E-state index contributed by atoms with van der Waals surface area (Å²) in [4.78, 5) is 8.81. The minimum Gasteiger partial charge on any atom is -0.366 e. The summed E-state index contributed by atoms with van der Waals surface area (Å²) < 4.78 is 0. The number of nitrogens with one attached hydrogen (secondary N) is 1. The molecule has 3 rings (SSSR count). The van der Waals surface area contributed by atoms with Crippen molar-refractivity contribution in [3.63, 3.8) is 0 Å². The van der Waals surface area contributed by atoms with Gasteiger partial charge in [-0.1, -0.05) is 24.3 Å². The Balaban J connectivity index is 1.79. The number of nitrogens with zero attached hydrogens (tertiary/aromatic N) is 2. The first-order valence-corrected chi connectivity index (χ1v) is 7.22. The first-order valence-electron chi connectivity index (χ1n) is 7.22. The third-order valence-electron chi connectivity index (χ3n) is 3.91. The van der Waals surface area contributed by atoms with Crippen molar-refractivity contribution in [2.45, 2.75) is 38.8 Å². The zero-order valence-electron chi connectivity index (χ0n) is 11.6. The highest BCUT2D eigenvalue weighted by Crippen LogP contribution is 2.24. The Kier molecular flexibility index (Phi) is 3.92. The fraction of sp³-hybridized carbons (Fsp3) is 0.375. The molecule has 104 valence electrons. The van der Waals surface area contributed by atoms with Gasteiger partial charge in [-0.3, -0.25) is 0 Å². The number of hydrogen-bond acceptors (Lipinski definition) is 4. The van der Waals surface area contributed by atoms with E-state index >= 15 is 0 Å². The maximum absolute atomic E-state index is 5.78. The lowest BCUT2D eigenvalue weighted by Gasteiger charge is -2.18. The summed E-state index contributed by atoms with van der Waals surface area (Å²) in [6, 6.07) is 8.26. The molecule has 20 heavy (non-hydrogen) atoms. The third kappa shape index (κ3) is 2.65. The zero-order chi connectivity index (χ0) is 13.8. The predicted molar refractivity (Wildman–Crippen MR) is 80.3 cm³/mol. The van der Waals surface area contributed by atoms with Gasteiger partial charge in [0.25, 0.3) is 0 Å². The maximum Gasteiger partial charge on any atom is 0.133 e. The Morgan fingerprint density at radius 1 is 1.05 bits per heavy atom. The van der Waals surface area contributed by atoms with Gasteiger partial charge in [0.15, 0.2) is 0 Å². The SMILES string of the molecule is NCc1ccccc1CNc1ncnc2c1CCCC2. The van der Waals surface area contributed by atoms with Gasteiger partial charge in [-0.25, -0.2) is 9.97 Å². The van der Waals surface area contributed by atoms with E-state index in [0.717, 1.165) is 25.2 Å². The lowest BCUT2D eigenvalue weighted by Crippen LogP contribution is -2.13. The van der Waals surface area contributed by atoms with Crippen LogP contribution in [0.1, 0.15) is 35.2 Å². The van der Waals surface area contributed by atoms with Crippen LogP contribution in [0.25, 0.3) is 0 Å². The molecule has 0 aliphatic heterocycles. The molecule has 1 aliphatic rings. The van der Waals surface area contributed by atoms with Crippen LogP contribution in [-0.4, -0.2) is 9.97 Å². The van der Waals surface area contributed by atoms with Gasteiger partial charge < -0.3 is 11.1 Å². The Hall–Kier alpha value is -1.94. The number of fused-ring (bicyclic) bond motifs is 1. The van der Waals surface area contributed by atoms with Crippen molar-refractivity contribution in [1.29, 1.82) is 0 Å². The summed E-state index contributed by atoms with van der Waals surface area (Å²) in [5.41, 5.74) is 10.7. The van der Waals surface area contributed by atoms with Crippen LogP contribution in [0.2, 0.25) is 0 Å². The lowest BCUT2D eigenvalue weighted by atomic mass is 9.96. The average molecular weight is 268 g/mol. The minimum absolute atomic E-state index is 0.569. The molecule has 0 atom stereocenters. The van der Waals surface area contributed by atoms with E-state index in [1.807, 2.05) is 12.1 Å². The number of aryl methyl sites for hydroxylation is 1. The fourth-order valence-corrected chi connectivity index (χ4v) is 2.78. The molecule has 0 fully saturated rings. The average Bonchev–Trinajstić information content (AvgIpc) is 2.53. The lowest BCUT2D eigenvalue weighted by molar-refractivity contribution is 0.663. The van der Waals surface area contributed by atoms with Gasteiger partial charge in [0.1, 0.15) is 12.1 Å². The number of hydrogen-bond donors (Lipinski definition) is 2. The first kappa shape index (κ1) is 13.1. The number of aromatic nitrogens is 2. The van der Waals surface area contributed by atoms with Gasteiger partial charge in [0.2, 0.25) is 0 Å². The molecule has 2 aromatic rings. The summed E-state index contributed by atoms with van der Waals surface area (Å²) >= 11 is 0. The fourth-order valence-electron chi connectivity index (χ4n) is 2.78. The van der Waals surface area contributed by atoms with Crippen molar-refractivity contribution in [3.05, 3.63) is 53.0 Å². The molecule has 0 spiro atoms. The molecule has 0 radical (unpaired) electrons. The Morgan fingerprint density at radius 2 is 1.85 bits per heavy atom. The van der Waals surface area contributed by atoms with Crippen molar-refractivity contribution in [1.82, 2.24) is 9.97 Å². The maximum atomic E-state index is 5.78. The van der Waals surface area contributed by atoms with E-state index in [1.165, 1.54) is 35.2 Å². The topological polar surface area (TPSA) is 63.8 Å². The monoisotopic (exact) mass is 268 g/mol. The van der Waals surface area contributed by atoms with Crippen LogP contribution in [-0.2, 0) is 25.9 Å². The predicted octanol–water partition coefficient (Wildman–Crippen LogP) is 2.43. The van der Waals surface area contributed by atoms with Crippen LogP contribution < -0.4 is 11.1 Å². The molecular weight excluding hydrogens is 248 g/mol. The number of anilines is 1. The molecule has 0 saturated heterocycles. The minimum atomic E-state index is 0.569. The van der Waals surface area contributed by atoms with Crippen LogP contribution in [0.5, 0.6) is 0 Å². The van der Waals surface area contributed by atoms with E-state index in [9.17, 15) is 0 Å². The highest BCUT2D eigenvalue weighted by molar-refractivity contribution is 5.47. The van der Waals surface area contributed by atoms with E-state index < -0.39 is 0 Å². The molecule has 0 amide bonds. The molecule has 0 bridgehead atoms.